The van der Waals surface area contributed by atoms with Gasteiger partial charge >= 0.3 is 0 Å². The minimum atomic E-state index is -0.0272. The summed E-state index contributed by atoms with van der Waals surface area (Å²) >= 11 is 8.67. The smallest absolute Gasteiger partial charge is 0.251 e. The number of fused-ring (bicyclic) bond motifs is 1. The van der Waals surface area contributed by atoms with E-state index in [1.54, 1.807) is 11.3 Å². The summed E-state index contributed by atoms with van der Waals surface area (Å²) in [6.07, 6.45) is 0. The van der Waals surface area contributed by atoms with Gasteiger partial charge in [-0.05, 0) is 36.4 Å². The zero-order valence-corrected chi connectivity index (χ0v) is 19.2. The maximum atomic E-state index is 12.2. The lowest BCUT2D eigenvalue weighted by atomic mass is 10.2. The Labute approximate surface area is 185 Å². The molecule has 3 aromatic rings. The predicted octanol–water partition coefficient (Wildman–Crippen LogP) is 4.37. The molecule has 2 aromatic carbocycles. The third-order valence-electron chi connectivity index (χ3n) is 4.78. The topological polar surface area (TPSA) is 48.5 Å². The highest BCUT2D eigenvalue weighted by Gasteiger charge is 2.20. The van der Waals surface area contributed by atoms with Crippen molar-refractivity contribution < 1.29 is 4.79 Å². The number of anilines is 1. The van der Waals surface area contributed by atoms with Gasteiger partial charge in [-0.25, -0.2) is 4.98 Å². The SMILES string of the molecule is O=C(NCCN1CCN(c2nc3ccc(Br)cc3s2)CC1)c1cccc(Br)c1. The summed E-state index contributed by atoms with van der Waals surface area (Å²) in [6, 6.07) is 13.7. The van der Waals surface area contributed by atoms with E-state index in [0.717, 1.165) is 52.3 Å². The number of rotatable bonds is 5. The van der Waals surface area contributed by atoms with Crippen molar-refractivity contribution in [1.82, 2.24) is 15.2 Å². The Morgan fingerprint density at radius 1 is 1.07 bits per heavy atom. The summed E-state index contributed by atoms with van der Waals surface area (Å²) < 4.78 is 3.21. The first kappa shape index (κ1) is 19.8. The van der Waals surface area contributed by atoms with Crippen LogP contribution in [0.25, 0.3) is 10.2 Å². The van der Waals surface area contributed by atoms with E-state index >= 15 is 0 Å². The number of amides is 1. The van der Waals surface area contributed by atoms with E-state index in [0.29, 0.717) is 12.1 Å². The number of carbonyl (C=O) groups excluding carboxylic acids is 1. The Kier molecular flexibility index (Phi) is 6.30. The number of nitrogens with one attached hydrogen (secondary N) is 1. The van der Waals surface area contributed by atoms with E-state index in [1.165, 1.54) is 4.70 Å². The summed E-state index contributed by atoms with van der Waals surface area (Å²) in [5.41, 5.74) is 1.74. The van der Waals surface area contributed by atoms with Crippen molar-refractivity contribution in [2.24, 2.45) is 0 Å². The van der Waals surface area contributed by atoms with Crippen molar-refractivity contribution in [3.8, 4) is 0 Å². The molecule has 0 saturated carbocycles. The maximum Gasteiger partial charge on any atom is 0.251 e. The fourth-order valence-corrected chi connectivity index (χ4v) is 5.21. The first-order valence-corrected chi connectivity index (χ1v) is 11.6. The lowest BCUT2D eigenvalue weighted by Crippen LogP contribution is -2.48. The highest BCUT2D eigenvalue weighted by atomic mass is 79.9. The fraction of sp³-hybridized carbons (Fsp3) is 0.300. The van der Waals surface area contributed by atoms with Crippen LogP contribution in [-0.2, 0) is 0 Å². The monoisotopic (exact) mass is 522 g/mol. The number of piperazine rings is 1. The molecule has 5 nitrogen and oxygen atoms in total. The number of benzene rings is 2. The van der Waals surface area contributed by atoms with Gasteiger partial charge in [0, 0.05) is 53.8 Å². The molecular weight excluding hydrogens is 504 g/mol. The van der Waals surface area contributed by atoms with Crippen LogP contribution in [0.5, 0.6) is 0 Å². The van der Waals surface area contributed by atoms with Crippen molar-refractivity contribution >= 4 is 64.5 Å². The molecule has 1 N–H and O–H groups in total. The van der Waals surface area contributed by atoms with E-state index in [2.05, 4.69) is 59.1 Å². The Bertz CT molecular complexity index is 985. The predicted molar refractivity (Wildman–Crippen MR) is 122 cm³/mol. The molecule has 8 heteroatoms. The Hall–Kier alpha value is -1.48. The molecule has 1 aromatic heterocycles. The average molecular weight is 524 g/mol. The van der Waals surface area contributed by atoms with Crippen LogP contribution in [0.15, 0.2) is 51.4 Å². The minimum Gasteiger partial charge on any atom is -0.351 e. The molecule has 0 spiro atoms. The van der Waals surface area contributed by atoms with Crippen LogP contribution in [0.3, 0.4) is 0 Å². The summed E-state index contributed by atoms with van der Waals surface area (Å²) in [4.78, 5) is 21.7. The lowest BCUT2D eigenvalue weighted by molar-refractivity contribution is 0.0947. The number of hydrogen-bond donors (Lipinski definition) is 1. The number of carbonyl (C=O) groups is 1. The average Bonchev–Trinajstić information content (AvgIpc) is 3.11. The van der Waals surface area contributed by atoms with Crippen LogP contribution >= 0.6 is 43.2 Å². The van der Waals surface area contributed by atoms with Crippen molar-refractivity contribution in [3.63, 3.8) is 0 Å². The molecule has 0 aliphatic carbocycles. The van der Waals surface area contributed by atoms with E-state index in [9.17, 15) is 4.79 Å². The molecule has 0 radical (unpaired) electrons. The van der Waals surface area contributed by atoms with E-state index in [1.807, 2.05) is 30.3 Å². The minimum absolute atomic E-state index is 0.0272. The molecule has 1 aliphatic heterocycles. The van der Waals surface area contributed by atoms with Crippen molar-refractivity contribution in [2.75, 3.05) is 44.2 Å². The molecule has 1 amide bonds. The highest BCUT2D eigenvalue weighted by Crippen LogP contribution is 2.31. The van der Waals surface area contributed by atoms with Gasteiger partial charge < -0.3 is 10.2 Å². The molecule has 4 rings (SSSR count). The molecule has 1 aliphatic rings. The van der Waals surface area contributed by atoms with Crippen molar-refractivity contribution in [1.29, 1.82) is 0 Å². The summed E-state index contributed by atoms with van der Waals surface area (Å²) in [5, 5.41) is 4.10. The molecule has 1 fully saturated rings. The number of nitrogens with zero attached hydrogens (tertiary/aromatic N) is 3. The van der Waals surface area contributed by atoms with E-state index < -0.39 is 0 Å². The largest absolute Gasteiger partial charge is 0.351 e. The van der Waals surface area contributed by atoms with Crippen LogP contribution in [-0.4, -0.2) is 55.1 Å². The number of halogens is 2. The number of thiazole rings is 1. The molecule has 0 atom stereocenters. The molecule has 1 saturated heterocycles. The molecular formula is C20H20Br2N4OS. The second-order valence-corrected chi connectivity index (χ2v) is 9.54. The quantitative estimate of drug-likeness (QED) is 0.539. The number of aromatic nitrogens is 1. The highest BCUT2D eigenvalue weighted by molar-refractivity contribution is 9.10. The zero-order chi connectivity index (χ0) is 19.5. The normalized spacial score (nSPS) is 15.1. The van der Waals surface area contributed by atoms with Gasteiger partial charge in [0.1, 0.15) is 0 Å². The Balaban J connectivity index is 1.25. The third-order valence-corrected chi connectivity index (χ3v) is 6.85. The van der Waals surface area contributed by atoms with Gasteiger partial charge in [-0.15, -0.1) is 0 Å². The molecule has 0 unspecified atom stereocenters. The second-order valence-electron chi connectivity index (χ2n) is 6.70. The molecule has 28 heavy (non-hydrogen) atoms. The zero-order valence-electron chi connectivity index (χ0n) is 15.2. The van der Waals surface area contributed by atoms with Crippen molar-refractivity contribution in [2.45, 2.75) is 0 Å². The van der Waals surface area contributed by atoms with Gasteiger partial charge in [0.2, 0.25) is 0 Å². The fourth-order valence-electron chi connectivity index (χ4n) is 3.24. The lowest BCUT2D eigenvalue weighted by Gasteiger charge is -2.34. The van der Waals surface area contributed by atoms with E-state index in [-0.39, 0.29) is 5.91 Å². The van der Waals surface area contributed by atoms with Crippen LogP contribution in [0, 0.1) is 0 Å². The summed E-state index contributed by atoms with van der Waals surface area (Å²) in [6.45, 7) is 5.39. The van der Waals surface area contributed by atoms with Crippen LogP contribution in [0.2, 0.25) is 0 Å². The molecule has 146 valence electrons. The van der Waals surface area contributed by atoms with Crippen LogP contribution in [0.4, 0.5) is 5.13 Å². The molecule has 2 heterocycles. The number of hydrogen-bond acceptors (Lipinski definition) is 5. The van der Waals surface area contributed by atoms with Gasteiger partial charge in [0.15, 0.2) is 5.13 Å². The first-order valence-electron chi connectivity index (χ1n) is 9.16. The second kappa shape index (κ2) is 8.90. The summed E-state index contributed by atoms with van der Waals surface area (Å²) in [7, 11) is 0. The molecule has 0 bridgehead atoms. The van der Waals surface area contributed by atoms with Gasteiger partial charge in [-0.1, -0.05) is 49.3 Å². The first-order chi connectivity index (χ1) is 13.6. The Morgan fingerprint density at radius 3 is 2.64 bits per heavy atom. The van der Waals surface area contributed by atoms with Crippen LogP contribution in [0.1, 0.15) is 10.4 Å². The Morgan fingerprint density at radius 2 is 1.86 bits per heavy atom. The maximum absolute atomic E-state index is 12.2. The van der Waals surface area contributed by atoms with Gasteiger partial charge in [-0.2, -0.15) is 0 Å². The van der Waals surface area contributed by atoms with Crippen LogP contribution < -0.4 is 10.2 Å². The summed E-state index contributed by atoms with van der Waals surface area (Å²) in [5.74, 6) is -0.0272. The standard InChI is InChI=1S/C20H20Br2N4OS/c21-15-3-1-2-14(12-15)19(27)23-6-7-25-8-10-26(11-9-25)20-24-17-5-4-16(22)13-18(17)28-20/h1-5,12-13H,6-11H2,(H,23,27). The van der Waals surface area contributed by atoms with Gasteiger partial charge in [0.05, 0.1) is 10.2 Å². The van der Waals surface area contributed by atoms with Gasteiger partial charge in [0.25, 0.3) is 5.91 Å². The van der Waals surface area contributed by atoms with Gasteiger partial charge in [-0.3, -0.25) is 9.69 Å². The van der Waals surface area contributed by atoms with Crippen molar-refractivity contribution in [3.05, 3.63) is 57.0 Å². The third kappa shape index (κ3) is 4.74. The van der Waals surface area contributed by atoms with E-state index in [4.69, 9.17) is 4.98 Å².